The van der Waals surface area contributed by atoms with Crippen LogP contribution in [0.5, 0.6) is 0 Å². The van der Waals surface area contributed by atoms with E-state index in [-0.39, 0.29) is 0 Å². The molecule has 0 radical (unpaired) electrons. The van der Waals surface area contributed by atoms with Gasteiger partial charge in [-0.05, 0) is 12.8 Å². The number of hydrogen-bond donors (Lipinski definition) is 1. The molecular formula is C21H43NS2. The van der Waals surface area contributed by atoms with Gasteiger partial charge in [0.2, 0.25) is 0 Å². The van der Waals surface area contributed by atoms with Crippen LogP contribution in [0, 0.1) is 0 Å². The first-order valence-electron chi connectivity index (χ1n) is 10.7. The fourth-order valence-electron chi connectivity index (χ4n) is 2.90. The number of thioether (sulfide) groups is 1. The van der Waals surface area contributed by atoms with Crippen LogP contribution in [-0.2, 0) is 0 Å². The molecule has 0 aliphatic carbocycles. The number of unbranched alkanes of at least 4 members (excludes halogenated alkanes) is 14. The third kappa shape index (κ3) is 20.3. The number of nitrogens with one attached hydrogen (secondary N) is 1. The average Bonchev–Trinajstić information content (AvgIpc) is 2.59. The smallest absolute Gasteiger partial charge is 0.133 e. The summed E-state index contributed by atoms with van der Waals surface area (Å²) in [6.45, 7) is 5.63. The van der Waals surface area contributed by atoms with Gasteiger partial charge in [0, 0.05) is 12.3 Å². The lowest BCUT2D eigenvalue weighted by Gasteiger charge is -2.07. The first-order valence-corrected chi connectivity index (χ1v) is 12.1. The molecule has 24 heavy (non-hydrogen) atoms. The van der Waals surface area contributed by atoms with E-state index in [1.807, 2.05) is 11.8 Å². The van der Waals surface area contributed by atoms with Crippen LogP contribution in [0.2, 0.25) is 0 Å². The molecular weight excluding hydrogens is 330 g/mol. The fraction of sp³-hybridized carbons (Fsp3) is 0.952. The monoisotopic (exact) mass is 373 g/mol. The highest BCUT2D eigenvalue weighted by Gasteiger charge is 1.98. The minimum absolute atomic E-state index is 1.01. The summed E-state index contributed by atoms with van der Waals surface area (Å²) in [5.74, 6) is 1.19. The van der Waals surface area contributed by atoms with Gasteiger partial charge in [0.05, 0.1) is 0 Å². The molecule has 0 saturated carbocycles. The van der Waals surface area contributed by atoms with Crippen molar-refractivity contribution in [1.82, 2.24) is 5.32 Å². The Morgan fingerprint density at radius 2 is 1.04 bits per heavy atom. The van der Waals surface area contributed by atoms with Gasteiger partial charge < -0.3 is 5.32 Å². The predicted molar refractivity (Wildman–Crippen MR) is 118 cm³/mol. The van der Waals surface area contributed by atoms with E-state index in [4.69, 9.17) is 12.2 Å². The minimum Gasteiger partial charge on any atom is -0.371 e. The molecule has 0 aromatic carbocycles. The molecule has 0 aromatic heterocycles. The fourth-order valence-corrected chi connectivity index (χ4v) is 3.99. The summed E-state index contributed by atoms with van der Waals surface area (Å²) < 4.78 is 1.01. The van der Waals surface area contributed by atoms with E-state index in [1.165, 1.54) is 108 Å². The van der Waals surface area contributed by atoms with Crippen LogP contribution in [0.15, 0.2) is 0 Å². The van der Waals surface area contributed by atoms with Crippen molar-refractivity contribution in [2.24, 2.45) is 0 Å². The highest BCUT2D eigenvalue weighted by atomic mass is 32.2. The van der Waals surface area contributed by atoms with E-state index in [9.17, 15) is 0 Å². The second-order valence-electron chi connectivity index (χ2n) is 7.01. The molecule has 144 valence electrons. The quantitative estimate of drug-likeness (QED) is 0.194. The van der Waals surface area contributed by atoms with Crippen LogP contribution >= 0.6 is 24.0 Å². The van der Waals surface area contributed by atoms with Crippen molar-refractivity contribution in [2.75, 3.05) is 12.3 Å². The molecule has 0 aromatic rings. The Kier molecular flexibility index (Phi) is 21.5. The van der Waals surface area contributed by atoms with E-state index < -0.39 is 0 Å². The molecule has 0 rings (SSSR count). The summed E-state index contributed by atoms with van der Waals surface area (Å²) in [5.41, 5.74) is 0. The molecule has 1 nitrogen and oxygen atoms in total. The molecule has 1 N–H and O–H groups in total. The van der Waals surface area contributed by atoms with E-state index in [0.717, 1.165) is 10.9 Å². The number of hydrogen-bond acceptors (Lipinski definition) is 2. The van der Waals surface area contributed by atoms with Crippen molar-refractivity contribution in [3.8, 4) is 0 Å². The molecule has 0 saturated heterocycles. The Labute approximate surface area is 162 Å². The molecule has 0 atom stereocenters. The highest BCUT2D eigenvalue weighted by molar-refractivity contribution is 8.22. The van der Waals surface area contributed by atoms with Gasteiger partial charge in [0.15, 0.2) is 0 Å². The Bertz CT molecular complexity index is 256. The third-order valence-corrected chi connectivity index (χ3v) is 5.93. The molecule has 0 unspecified atom stereocenters. The van der Waals surface area contributed by atoms with Crippen LogP contribution in [0.3, 0.4) is 0 Å². The van der Waals surface area contributed by atoms with Gasteiger partial charge in [-0.3, -0.25) is 0 Å². The average molecular weight is 374 g/mol. The Morgan fingerprint density at radius 1 is 0.625 bits per heavy atom. The molecule has 3 heteroatoms. The summed E-state index contributed by atoms with van der Waals surface area (Å²) in [4.78, 5) is 0. The maximum absolute atomic E-state index is 5.40. The Morgan fingerprint density at radius 3 is 1.54 bits per heavy atom. The molecule has 0 heterocycles. The van der Waals surface area contributed by atoms with Crippen LogP contribution in [0.25, 0.3) is 0 Å². The third-order valence-electron chi connectivity index (χ3n) is 4.53. The summed E-state index contributed by atoms with van der Waals surface area (Å²) in [7, 11) is 0. The molecule has 0 aliphatic rings. The van der Waals surface area contributed by atoms with Crippen molar-refractivity contribution in [3.63, 3.8) is 0 Å². The summed E-state index contributed by atoms with van der Waals surface area (Å²) >= 11 is 7.24. The van der Waals surface area contributed by atoms with Crippen LogP contribution < -0.4 is 5.32 Å². The Hall–Kier alpha value is 0.240. The lowest BCUT2D eigenvalue weighted by Crippen LogP contribution is -2.19. The number of rotatable bonds is 18. The molecule has 0 fully saturated rings. The van der Waals surface area contributed by atoms with Crippen molar-refractivity contribution in [3.05, 3.63) is 0 Å². The standard InChI is InChI=1S/C21H43NS2/c1-3-5-7-9-11-12-13-14-15-17-19-22-21(23)24-20-18-16-10-8-6-4-2/h3-20H2,1-2H3,(H,22,23). The van der Waals surface area contributed by atoms with E-state index in [2.05, 4.69) is 19.2 Å². The largest absolute Gasteiger partial charge is 0.371 e. The first-order chi connectivity index (χ1) is 11.8. The van der Waals surface area contributed by atoms with E-state index in [1.54, 1.807) is 0 Å². The zero-order chi connectivity index (χ0) is 17.7. The lowest BCUT2D eigenvalue weighted by molar-refractivity contribution is 0.555. The maximum Gasteiger partial charge on any atom is 0.133 e. The predicted octanol–water partition coefficient (Wildman–Crippen LogP) is 7.88. The summed E-state index contributed by atoms with van der Waals surface area (Å²) in [5, 5.41) is 3.41. The second kappa shape index (κ2) is 21.3. The van der Waals surface area contributed by atoms with Gasteiger partial charge in [0.25, 0.3) is 0 Å². The van der Waals surface area contributed by atoms with Gasteiger partial charge >= 0.3 is 0 Å². The van der Waals surface area contributed by atoms with Gasteiger partial charge in [-0.25, -0.2) is 0 Å². The van der Waals surface area contributed by atoms with Gasteiger partial charge in [-0.1, -0.05) is 128 Å². The van der Waals surface area contributed by atoms with Crippen LogP contribution in [0.4, 0.5) is 0 Å². The highest BCUT2D eigenvalue weighted by Crippen LogP contribution is 2.12. The van der Waals surface area contributed by atoms with Crippen LogP contribution in [-0.4, -0.2) is 16.6 Å². The first kappa shape index (κ1) is 24.2. The molecule has 0 spiro atoms. The summed E-state index contributed by atoms with van der Waals surface area (Å²) in [6, 6.07) is 0. The minimum atomic E-state index is 1.01. The second-order valence-corrected chi connectivity index (χ2v) is 8.78. The molecule has 0 amide bonds. The van der Waals surface area contributed by atoms with E-state index in [0.29, 0.717) is 0 Å². The van der Waals surface area contributed by atoms with Crippen molar-refractivity contribution in [1.29, 1.82) is 0 Å². The van der Waals surface area contributed by atoms with Gasteiger partial charge in [0.1, 0.15) is 4.32 Å². The zero-order valence-corrected chi connectivity index (χ0v) is 18.2. The normalized spacial score (nSPS) is 10.9. The lowest BCUT2D eigenvalue weighted by atomic mass is 10.1. The van der Waals surface area contributed by atoms with E-state index >= 15 is 0 Å². The van der Waals surface area contributed by atoms with Crippen molar-refractivity contribution in [2.45, 2.75) is 117 Å². The van der Waals surface area contributed by atoms with Gasteiger partial charge in [-0.2, -0.15) is 0 Å². The van der Waals surface area contributed by atoms with Crippen molar-refractivity contribution >= 4 is 28.3 Å². The number of thiocarbonyl (C=S) groups is 1. The SMILES string of the molecule is CCCCCCCCCCCCNC(=S)SCCCCCCCC. The summed E-state index contributed by atoms with van der Waals surface area (Å²) in [6.07, 6.45) is 22.2. The topological polar surface area (TPSA) is 12.0 Å². The zero-order valence-electron chi connectivity index (χ0n) is 16.5. The molecule has 0 aliphatic heterocycles. The van der Waals surface area contributed by atoms with Crippen LogP contribution in [0.1, 0.15) is 117 Å². The molecule has 0 bridgehead atoms. The maximum atomic E-state index is 5.40. The Balaban J connectivity index is 3.12. The van der Waals surface area contributed by atoms with Crippen molar-refractivity contribution < 1.29 is 0 Å². The van der Waals surface area contributed by atoms with Gasteiger partial charge in [-0.15, -0.1) is 0 Å².